The summed E-state index contributed by atoms with van der Waals surface area (Å²) in [5.41, 5.74) is 7.50. The number of thiophene rings is 1. The number of hydrogen-bond acceptors (Lipinski definition) is 7. The summed E-state index contributed by atoms with van der Waals surface area (Å²) in [4.78, 5) is 31.9. The van der Waals surface area contributed by atoms with Crippen molar-refractivity contribution >= 4 is 39.2 Å². The Kier molecular flexibility index (Phi) is 6.76. The maximum absolute atomic E-state index is 13.6. The van der Waals surface area contributed by atoms with Crippen LogP contribution < -0.4 is 20.8 Å². The molecule has 0 bridgehead atoms. The topological polar surface area (TPSA) is 96.4 Å². The highest BCUT2D eigenvalue weighted by Gasteiger charge is 2.25. The molecule has 4 rings (SSSR count). The molecule has 2 heterocycles. The first kappa shape index (κ1) is 22.7. The molecular weight excluding hydrogens is 446 g/mol. The fourth-order valence-corrected chi connectivity index (χ4v) is 6.31. The van der Waals surface area contributed by atoms with Crippen LogP contribution in [0.5, 0.6) is 11.5 Å². The third-order valence-corrected chi connectivity index (χ3v) is 7.94. The summed E-state index contributed by atoms with van der Waals surface area (Å²) in [5.74, 6) is 1.57. The third-order valence-electron chi connectivity index (χ3n) is 5.80. The van der Waals surface area contributed by atoms with Crippen LogP contribution in [0.3, 0.4) is 0 Å². The molecule has 3 aromatic rings. The SMILES string of the molecule is COc1ccc(CCn2c(SCC(N)=O)nc3sc4c(c3c2=O)CC[C@H](C)C4)cc1OC. The van der Waals surface area contributed by atoms with E-state index < -0.39 is 5.91 Å². The van der Waals surface area contributed by atoms with E-state index in [2.05, 4.69) is 6.92 Å². The molecule has 0 saturated carbocycles. The summed E-state index contributed by atoms with van der Waals surface area (Å²) in [6, 6.07) is 5.74. The zero-order valence-electron chi connectivity index (χ0n) is 18.5. The molecule has 0 spiro atoms. The lowest BCUT2D eigenvalue weighted by atomic mass is 9.89. The van der Waals surface area contributed by atoms with E-state index in [4.69, 9.17) is 20.2 Å². The van der Waals surface area contributed by atoms with Gasteiger partial charge in [0.2, 0.25) is 5.91 Å². The first-order valence-electron chi connectivity index (χ1n) is 10.6. The first-order chi connectivity index (χ1) is 15.4. The number of primary amides is 1. The number of carbonyl (C=O) groups excluding carboxylic acids is 1. The predicted molar refractivity (Wildman–Crippen MR) is 128 cm³/mol. The number of nitrogens with two attached hydrogens (primary N) is 1. The van der Waals surface area contributed by atoms with Crippen LogP contribution >= 0.6 is 23.1 Å². The van der Waals surface area contributed by atoms with Gasteiger partial charge < -0.3 is 15.2 Å². The zero-order valence-corrected chi connectivity index (χ0v) is 20.1. The summed E-state index contributed by atoms with van der Waals surface area (Å²) < 4.78 is 12.4. The molecule has 0 fully saturated rings. The maximum Gasteiger partial charge on any atom is 0.263 e. The molecule has 0 unspecified atom stereocenters. The number of ether oxygens (including phenoxy) is 2. The van der Waals surface area contributed by atoms with Crippen molar-refractivity contribution in [3.63, 3.8) is 0 Å². The van der Waals surface area contributed by atoms with Crippen molar-refractivity contribution in [3.05, 3.63) is 44.6 Å². The molecule has 2 aromatic heterocycles. The fourth-order valence-electron chi connectivity index (χ4n) is 4.12. The highest BCUT2D eigenvalue weighted by Crippen LogP contribution is 2.36. The van der Waals surface area contributed by atoms with Crippen molar-refractivity contribution in [2.24, 2.45) is 11.7 Å². The van der Waals surface area contributed by atoms with Gasteiger partial charge in [-0.1, -0.05) is 24.8 Å². The molecule has 0 aliphatic heterocycles. The molecule has 2 N–H and O–H groups in total. The van der Waals surface area contributed by atoms with Gasteiger partial charge in [-0.05, 0) is 54.9 Å². The van der Waals surface area contributed by atoms with Gasteiger partial charge in [0.05, 0.1) is 25.4 Å². The number of methoxy groups -OCH3 is 2. The monoisotopic (exact) mass is 473 g/mol. The van der Waals surface area contributed by atoms with E-state index in [9.17, 15) is 9.59 Å². The van der Waals surface area contributed by atoms with Crippen molar-refractivity contribution in [2.45, 2.75) is 44.3 Å². The maximum atomic E-state index is 13.6. The van der Waals surface area contributed by atoms with Crippen LogP contribution in [0.2, 0.25) is 0 Å². The van der Waals surface area contributed by atoms with Crippen molar-refractivity contribution in [1.29, 1.82) is 0 Å². The lowest BCUT2D eigenvalue weighted by Crippen LogP contribution is -2.25. The van der Waals surface area contributed by atoms with Gasteiger partial charge >= 0.3 is 0 Å². The normalized spacial score (nSPS) is 15.5. The Balaban J connectivity index is 1.72. The number of rotatable bonds is 8. The van der Waals surface area contributed by atoms with Crippen LogP contribution in [-0.2, 0) is 30.6 Å². The van der Waals surface area contributed by atoms with Gasteiger partial charge in [-0.2, -0.15) is 0 Å². The largest absolute Gasteiger partial charge is 0.493 e. The minimum absolute atomic E-state index is 0.0329. The highest BCUT2D eigenvalue weighted by atomic mass is 32.2. The Morgan fingerprint density at radius 3 is 2.81 bits per heavy atom. The van der Waals surface area contributed by atoms with Gasteiger partial charge in [-0.25, -0.2) is 4.98 Å². The van der Waals surface area contributed by atoms with Crippen LogP contribution in [0, 0.1) is 5.92 Å². The Morgan fingerprint density at radius 2 is 2.09 bits per heavy atom. The summed E-state index contributed by atoms with van der Waals surface area (Å²) in [5, 5.41) is 1.28. The number of aromatic nitrogens is 2. The number of benzene rings is 1. The number of fused-ring (bicyclic) bond motifs is 3. The van der Waals surface area contributed by atoms with Crippen LogP contribution in [0.25, 0.3) is 10.2 Å². The predicted octanol–water partition coefficient (Wildman–Crippen LogP) is 3.42. The molecule has 170 valence electrons. The van der Waals surface area contributed by atoms with E-state index in [-0.39, 0.29) is 11.3 Å². The number of nitrogens with zero attached hydrogens (tertiary/aromatic N) is 2. The van der Waals surface area contributed by atoms with Gasteiger partial charge in [-0.3, -0.25) is 14.2 Å². The van der Waals surface area contributed by atoms with Crippen molar-refractivity contribution < 1.29 is 14.3 Å². The number of thioether (sulfide) groups is 1. The second-order valence-corrected chi connectivity index (χ2v) is 10.1. The minimum Gasteiger partial charge on any atom is -0.493 e. The van der Waals surface area contributed by atoms with Crippen molar-refractivity contribution in [3.8, 4) is 11.5 Å². The Bertz CT molecular complexity index is 1220. The Labute approximate surface area is 194 Å². The number of carbonyl (C=O) groups is 1. The van der Waals surface area contributed by atoms with Crippen LogP contribution in [0.15, 0.2) is 28.2 Å². The molecule has 7 nitrogen and oxygen atoms in total. The molecule has 0 radical (unpaired) electrons. The zero-order chi connectivity index (χ0) is 22.8. The Morgan fingerprint density at radius 1 is 1.31 bits per heavy atom. The van der Waals surface area contributed by atoms with Crippen LogP contribution in [0.1, 0.15) is 29.3 Å². The van der Waals surface area contributed by atoms with Gasteiger partial charge in [0.25, 0.3) is 5.56 Å². The smallest absolute Gasteiger partial charge is 0.263 e. The van der Waals surface area contributed by atoms with Gasteiger partial charge in [0.1, 0.15) is 4.83 Å². The Hall–Kier alpha value is -2.52. The molecule has 1 atom stereocenters. The molecule has 1 aromatic carbocycles. The van der Waals surface area contributed by atoms with Gasteiger partial charge in [0.15, 0.2) is 16.7 Å². The van der Waals surface area contributed by atoms with Crippen LogP contribution in [0.4, 0.5) is 0 Å². The van der Waals surface area contributed by atoms with Crippen LogP contribution in [-0.4, -0.2) is 35.4 Å². The third kappa shape index (κ3) is 4.49. The van der Waals surface area contributed by atoms with E-state index in [0.717, 1.165) is 40.6 Å². The average molecular weight is 474 g/mol. The van der Waals surface area contributed by atoms with E-state index >= 15 is 0 Å². The minimum atomic E-state index is -0.435. The van der Waals surface area contributed by atoms with E-state index in [1.54, 1.807) is 30.1 Å². The van der Waals surface area contributed by atoms with Gasteiger partial charge in [0, 0.05) is 11.4 Å². The first-order valence-corrected chi connectivity index (χ1v) is 12.4. The summed E-state index contributed by atoms with van der Waals surface area (Å²) in [7, 11) is 3.20. The van der Waals surface area contributed by atoms with Crippen molar-refractivity contribution in [1.82, 2.24) is 9.55 Å². The molecule has 9 heteroatoms. The number of aryl methyl sites for hydroxylation is 2. The summed E-state index contributed by atoms with van der Waals surface area (Å²) >= 11 is 2.83. The highest BCUT2D eigenvalue weighted by molar-refractivity contribution is 7.99. The average Bonchev–Trinajstić information content (AvgIpc) is 3.14. The van der Waals surface area contributed by atoms with Gasteiger partial charge in [-0.15, -0.1) is 11.3 Å². The second-order valence-electron chi connectivity index (χ2n) is 8.08. The summed E-state index contributed by atoms with van der Waals surface area (Å²) in [6.45, 7) is 2.69. The fraction of sp³-hybridized carbons (Fsp3) is 0.435. The standard InChI is InChI=1S/C23H27N3O4S2/c1-13-4-6-15-18(10-13)32-21-20(15)22(28)26(23(25-21)31-12-19(24)27)9-8-14-5-7-16(29-2)17(11-14)30-3/h5,7,11,13H,4,6,8-10,12H2,1-3H3,(H2,24,27)/t13-/m0/s1. The number of hydrogen-bond donors (Lipinski definition) is 1. The molecular formula is C23H27N3O4S2. The lowest BCUT2D eigenvalue weighted by Gasteiger charge is -2.18. The quantitative estimate of drug-likeness (QED) is 0.398. The lowest BCUT2D eigenvalue weighted by molar-refractivity contribution is -0.115. The second kappa shape index (κ2) is 9.54. The molecule has 1 aliphatic carbocycles. The van der Waals surface area contributed by atoms with E-state index in [1.165, 1.54) is 16.6 Å². The molecule has 1 amide bonds. The molecule has 32 heavy (non-hydrogen) atoms. The summed E-state index contributed by atoms with van der Waals surface area (Å²) in [6.07, 6.45) is 3.60. The number of amides is 1. The van der Waals surface area contributed by atoms with E-state index in [1.807, 2.05) is 18.2 Å². The molecule has 0 saturated heterocycles. The molecule has 1 aliphatic rings. The van der Waals surface area contributed by atoms with Crippen molar-refractivity contribution in [2.75, 3.05) is 20.0 Å². The van der Waals surface area contributed by atoms with E-state index in [0.29, 0.717) is 35.5 Å².